The Morgan fingerprint density at radius 1 is 0.950 bits per heavy atom. The number of nitrogens with zero attached hydrogens (tertiary/aromatic N) is 1. The highest BCUT2D eigenvalue weighted by Gasteiger charge is 2.08. The molecule has 0 saturated carbocycles. The number of aryl methyl sites for hydroxylation is 2. The largest absolute Gasteiger partial charge is 0.396 e. The summed E-state index contributed by atoms with van der Waals surface area (Å²) in [6.07, 6.45) is 0. The second kappa shape index (κ2) is 5.94. The van der Waals surface area contributed by atoms with E-state index < -0.39 is 0 Å². The number of anilines is 2. The number of benzene rings is 2. The number of hydrogen-bond donors (Lipinski definition) is 1. The van der Waals surface area contributed by atoms with Crippen molar-refractivity contribution in [3.05, 3.63) is 57.1 Å². The van der Waals surface area contributed by atoms with Gasteiger partial charge in [0.1, 0.15) is 0 Å². The summed E-state index contributed by atoms with van der Waals surface area (Å²) in [5.74, 6) is 0. The van der Waals surface area contributed by atoms with E-state index in [9.17, 15) is 0 Å². The van der Waals surface area contributed by atoms with Gasteiger partial charge in [-0.25, -0.2) is 0 Å². The van der Waals surface area contributed by atoms with Gasteiger partial charge in [0.2, 0.25) is 0 Å². The summed E-state index contributed by atoms with van der Waals surface area (Å²) in [6, 6.07) is 10.2. The van der Waals surface area contributed by atoms with Crippen molar-refractivity contribution < 1.29 is 0 Å². The van der Waals surface area contributed by atoms with Crippen molar-refractivity contribution in [1.82, 2.24) is 0 Å². The molecule has 0 radical (unpaired) electrons. The molecular formula is C16H18Cl2N2. The van der Waals surface area contributed by atoms with E-state index >= 15 is 0 Å². The Morgan fingerprint density at radius 2 is 1.45 bits per heavy atom. The van der Waals surface area contributed by atoms with Crippen LogP contribution in [-0.4, -0.2) is 7.05 Å². The van der Waals surface area contributed by atoms with E-state index in [1.807, 2.05) is 19.2 Å². The fourth-order valence-electron chi connectivity index (χ4n) is 2.26. The lowest BCUT2D eigenvalue weighted by Gasteiger charge is -2.21. The minimum atomic E-state index is 0.436. The van der Waals surface area contributed by atoms with Gasteiger partial charge in [0.25, 0.3) is 0 Å². The average Bonchev–Trinajstić information content (AvgIpc) is 2.34. The molecule has 20 heavy (non-hydrogen) atoms. The first-order valence-electron chi connectivity index (χ1n) is 6.39. The van der Waals surface area contributed by atoms with Crippen LogP contribution >= 0.6 is 23.2 Å². The van der Waals surface area contributed by atoms with Crippen molar-refractivity contribution in [3.8, 4) is 0 Å². The summed E-state index contributed by atoms with van der Waals surface area (Å²) in [4.78, 5) is 2.16. The van der Waals surface area contributed by atoms with Gasteiger partial charge in [0, 0.05) is 19.3 Å². The molecule has 0 aliphatic heterocycles. The molecular weight excluding hydrogens is 291 g/mol. The molecule has 0 heterocycles. The Balaban J connectivity index is 2.25. The van der Waals surface area contributed by atoms with Crippen LogP contribution in [0, 0.1) is 13.8 Å². The smallest absolute Gasteiger partial charge is 0.0693 e. The third-order valence-electron chi connectivity index (χ3n) is 3.21. The lowest BCUT2D eigenvalue weighted by Crippen LogP contribution is -2.16. The molecule has 0 fully saturated rings. The molecule has 0 aliphatic rings. The van der Waals surface area contributed by atoms with Crippen LogP contribution in [0.25, 0.3) is 0 Å². The Bertz CT molecular complexity index is 595. The standard InChI is InChI=1S/C16H18Cl2N2/c1-10-4-11(2)6-13(5-10)20(3)9-12-7-14(17)16(19)15(18)8-12/h4-8H,9,19H2,1-3H3. The lowest BCUT2D eigenvalue weighted by atomic mass is 10.1. The quantitative estimate of drug-likeness (QED) is 0.823. The lowest BCUT2D eigenvalue weighted by molar-refractivity contribution is 0.921. The number of rotatable bonds is 3. The maximum atomic E-state index is 6.07. The molecule has 2 rings (SSSR count). The molecule has 2 aromatic rings. The molecule has 0 bridgehead atoms. The zero-order chi connectivity index (χ0) is 14.9. The molecule has 2 N–H and O–H groups in total. The summed E-state index contributed by atoms with van der Waals surface area (Å²) in [6.45, 7) is 4.92. The molecule has 2 nitrogen and oxygen atoms in total. The predicted molar refractivity (Wildman–Crippen MR) is 88.9 cm³/mol. The van der Waals surface area contributed by atoms with Crippen LogP contribution in [0.1, 0.15) is 16.7 Å². The number of nitrogen functional groups attached to an aromatic ring is 1. The van der Waals surface area contributed by atoms with Gasteiger partial charge in [0.05, 0.1) is 15.7 Å². The van der Waals surface area contributed by atoms with Gasteiger partial charge < -0.3 is 10.6 Å². The molecule has 0 aliphatic carbocycles. The van der Waals surface area contributed by atoms with Crippen molar-refractivity contribution in [2.24, 2.45) is 0 Å². The van der Waals surface area contributed by atoms with Gasteiger partial charge in [0.15, 0.2) is 0 Å². The molecule has 0 spiro atoms. The Morgan fingerprint density at radius 3 is 1.95 bits per heavy atom. The van der Waals surface area contributed by atoms with E-state index in [1.54, 1.807) is 0 Å². The van der Waals surface area contributed by atoms with Crippen molar-refractivity contribution in [1.29, 1.82) is 0 Å². The van der Waals surface area contributed by atoms with Crippen LogP contribution in [-0.2, 0) is 6.54 Å². The van der Waals surface area contributed by atoms with Gasteiger partial charge in [-0.3, -0.25) is 0 Å². The van der Waals surface area contributed by atoms with Crippen molar-refractivity contribution in [2.45, 2.75) is 20.4 Å². The summed E-state index contributed by atoms with van der Waals surface area (Å²) in [5.41, 5.74) is 10.9. The van der Waals surface area contributed by atoms with Crippen LogP contribution in [0.3, 0.4) is 0 Å². The van der Waals surface area contributed by atoms with Crippen LogP contribution in [0.2, 0.25) is 10.0 Å². The molecule has 0 amide bonds. The highest BCUT2D eigenvalue weighted by molar-refractivity contribution is 6.38. The number of hydrogen-bond acceptors (Lipinski definition) is 2. The maximum Gasteiger partial charge on any atom is 0.0693 e. The molecule has 4 heteroatoms. The number of halogens is 2. The zero-order valence-corrected chi connectivity index (χ0v) is 13.4. The monoisotopic (exact) mass is 308 g/mol. The second-order valence-electron chi connectivity index (χ2n) is 5.18. The highest BCUT2D eigenvalue weighted by Crippen LogP contribution is 2.30. The minimum absolute atomic E-state index is 0.436. The third kappa shape index (κ3) is 3.38. The van der Waals surface area contributed by atoms with Crippen molar-refractivity contribution >= 4 is 34.6 Å². The van der Waals surface area contributed by atoms with Gasteiger partial charge in [-0.1, -0.05) is 29.3 Å². The molecule has 0 unspecified atom stereocenters. The van der Waals surface area contributed by atoms with Crippen LogP contribution in [0.5, 0.6) is 0 Å². The molecule has 2 aromatic carbocycles. The van der Waals surface area contributed by atoms with Crippen LogP contribution in [0.15, 0.2) is 30.3 Å². The van der Waals surface area contributed by atoms with Crippen LogP contribution in [0.4, 0.5) is 11.4 Å². The average molecular weight is 309 g/mol. The fourth-order valence-corrected chi connectivity index (χ4v) is 2.80. The summed E-state index contributed by atoms with van der Waals surface area (Å²) < 4.78 is 0. The third-order valence-corrected chi connectivity index (χ3v) is 3.83. The van der Waals surface area contributed by atoms with Gasteiger partial charge >= 0.3 is 0 Å². The Kier molecular flexibility index (Phi) is 4.46. The van der Waals surface area contributed by atoms with E-state index in [4.69, 9.17) is 28.9 Å². The predicted octanol–water partition coefficient (Wildman–Crippen LogP) is 4.83. The first-order valence-corrected chi connectivity index (χ1v) is 7.15. The van der Waals surface area contributed by atoms with Gasteiger partial charge in [-0.15, -0.1) is 0 Å². The second-order valence-corrected chi connectivity index (χ2v) is 5.99. The van der Waals surface area contributed by atoms with Crippen molar-refractivity contribution in [2.75, 3.05) is 17.7 Å². The van der Waals surface area contributed by atoms with Crippen LogP contribution < -0.4 is 10.6 Å². The zero-order valence-electron chi connectivity index (χ0n) is 11.9. The summed E-state index contributed by atoms with van der Waals surface area (Å²) in [5, 5.41) is 1.00. The van der Waals surface area contributed by atoms with E-state index in [0.29, 0.717) is 15.7 Å². The van der Waals surface area contributed by atoms with Crippen molar-refractivity contribution in [3.63, 3.8) is 0 Å². The van der Waals surface area contributed by atoms with E-state index in [-0.39, 0.29) is 0 Å². The Labute approximate surface area is 130 Å². The molecule has 0 aromatic heterocycles. The topological polar surface area (TPSA) is 29.3 Å². The molecule has 0 saturated heterocycles. The SMILES string of the molecule is Cc1cc(C)cc(N(C)Cc2cc(Cl)c(N)c(Cl)c2)c1. The van der Waals surface area contributed by atoms with Gasteiger partial charge in [-0.2, -0.15) is 0 Å². The normalized spacial score (nSPS) is 10.7. The number of nitrogens with two attached hydrogens (primary N) is 1. The highest BCUT2D eigenvalue weighted by atomic mass is 35.5. The summed E-state index contributed by atoms with van der Waals surface area (Å²) in [7, 11) is 2.05. The minimum Gasteiger partial charge on any atom is -0.396 e. The molecule has 106 valence electrons. The molecule has 0 atom stereocenters. The first kappa shape index (κ1) is 15.0. The summed E-state index contributed by atoms with van der Waals surface area (Å²) >= 11 is 12.1. The van der Waals surface area contributed by atoms with E-state index in [2.05, 4.69) is 36.9 Å². The van der Waals surface area contributed by atoms with E-state index in [1.165, 1.54) is 16.8 Å². The van der Waals surface area contributed by atoms with Gasteiger partial charge in [-0.05, 0) is 54.8 Å². The first-order chi connectivity index (χ1) is 9.36. The fraction of sp³-hybridized carbons (Fsp3) is 0.250. The van der Waals surface area contributed by atoms with E-state index in [0.717, 1.165) is 12.1 Å². The Hall–Kier alpha value is -1.38. The maximum absolute atomic E-state index is 6.07.